The van der Waals surface area contributed by atoms with Gasteiger partial charge in [0.05, 0.1) is 12.3 Å². The van der Waals surface area contributed by atoms with Crippen molar-refractivity contribution in [1.29, 1.82) is 0 Å². The topological polar surface area (TPSA) is 16.4 Å². The highest BCUT2D eigenvalue weighted by Gasteiger charge is 2.19. The molecule has 0 aliphatic heterocycles. The van der Waals surface area contributed by atoms with Gasteiger partial charge in [-0.3, -0.25) is 0 Å². The Labute approximate surface area is 323 Å². The zero-order chi connectivity index (χ0) is 42.7. The fourth-order valence-corrected chi connectivity index (χ4v) is 8.51. The van der Waals surface area contributed by atoms with E-state index >= 15 is 0 Å². The lowest BCUT2D eigenvalue weighted by Gasteiger charge is -2.25. The third kappa shape index (κ3) is 4.93. The summed E-state index contributed by atoms with van der Waals surface area (Å²) in [5.74, 6) is 0. The summed E-state index contributed by atoms with van der Waals surface area (Å²) in [5.41, 5.74) is 5.44. The average molecular weight is 703 g/mol. The monoisotopic (exact) mass is 702 g/mol. The van der Waals surface area contributed by atoms with Crippen LogP contribution in [0.15, 0.2) is 192 Å². The molecular formula is C50H31NOS. The van der Waals surface area contributed by atoms with Crippen LogP contribution in [0.3, 0.4) is 0 Å². The quantitative estimate of drug-likeness (QED) is 0.178. The maximum Gasteiger partial charge on any atom is 0.143 e. The normalized spacial score (nSPS) is 14.2. The van der Waals surface area contributed by atoms with Gasteiger partial charge >= 0.3 is 0 Å². The molecule has 3 heteroatoms. The molecule has 0 N–H and O–H groups in total. The van der Waals surface area contributed by atoms with Gasteiger partial charge in [0.1, 0.15) is 11.2 Å². The molecule has 0 spiro atoms. The number of anilines is 3. The Morgan fingerprint density at radius 3 is 2.17 bits per heavy atom. The average Bonchev–Trinajstić information content (AvgIpc) is 3.89. The maximum atomic E-state index is 9.68. The van der Waals surface area contributed by atoms with Gasteiger partial charge in [0, 0.05) is 59.4 Å². The van der Waals surface area contributed by atoms with Crippen molar-refractivity contribution in [2.45, 2.75) is 0 Å². The second kappa shape index (κ2) is 11.9. The van der Waals surface area contributed by atoms with E-state index in [0.29, 0.717) is 11.4 Å². The van der Waals surface area contributed by atoms with Gasteiger partial charge < -0.3 is 9.32 Å². The van der Waals surface area contributed by atoms with E-state index in [-0.39, 0.29) is 56.5 Å². The summed E-state index contributed by atoms with van der Waals surface area (Å²) in [6.07, 6.45) is 0. The van der Waals surface area contributed by atoms with Gasteiger partial charge in [0.25, 0.3) is 0 Å². The summed E-state index contributed by atoms with van der Waals surface area (Å²) < 4.78 is 88.7. The van der Waals surface area contributed by atoms with E-state index in [9.17, 15) is 4.11 Å². The van der Waals surface area contributed by atoms with Crippen LogP contribution in [0.4, 0.5) is 17.1 Å². The van der Waals surface area contributed by atoms with Crippen LogP contribution in [-0.2, 0) is 0 Å². The minimum absolute atomic E-state index is 0.0323. The van der Waals surface area contributed by atoms with Crippen molar-refractivity contribution < 1.29 is 16.8 Å². The van der Waals surface area contributed by atoms with Crippen molar-refractivity contribution in [1.82, 2.24) is 0 Å². The minimum atomic E-state index is -0.542. The van der Waals surface area contributed by atoms with Crippen LogP contribution < -0.4 is 4.90 Å². The zero-order valence-corrected chi connectivity index (χ0v) is 28.8. The molecule has 0 bridgehead atoms. The number of hydrogen-bond donors (Lipinski definition) is 0. The van der Waals surface area contributed by atoms with Crippen molar-refractivity contribution in [3.63, 3.8) is 0 Å². The van der Waals surface area contributed by atoms with Crippen LogP contribution in [0.25, 0.3) is 85.9 Å². The second-order valence-corrected chi connectivity index (χ2v) is 14.1. The van der Waals surface area contributed by atoms with Crippen molar-refractivity contribution in [3.05, 3.63) is 188 Å². The fourth-order valence-electron chi connectivity index (χ4n) is 7.40. The molecule has 0 saturated heterocycles. The first kappa shape index (κ1) is 22.3. The number of nitrogens with zero attached hydrogens (tertiary/aromatic N) is 1. The highest BCUT2D eigenvalue weighted by atomic mass is 32.1. The molecule has 0 amide bonds. The number of rotatable bonds is 5. The highest BCUT2D eigenvalue weighted by Crippen LogP contribution is 2.45. The Kier molecular flexibility index (Phi) is 5.03. The van der Waals surface area contributed by atoms with Gasteiger partial charge in [-0.25, -0.2) is 0 Å². The number of benzene rings is 9. The molecule has 0 unspecified atom stereocenters. The lowest BCUT2D eigenvalue weighted by molar-refractivity contribution is 0.672. The molecule has 53 heavy (non-hydrogen) atoms. The summed E-state index contributed by atoms with van der Waals surface area (Å²) in [6.45, 7) is 0. The van der Waals surface area contributed by atoms with Gasteiger partial charge in [-0.15, -0.1) is 11.3 Å². The van der Waals surface area contributed by atoms with E-state index in [2.05, 4.69) is 84.9 Å². The first-order valence-corrected chi connectivity index (χ1v) is 18.1. The lowest BCUT2D eigenvalue weighted by atomic mass is 9.96. The van der Waals surface area contributed by atoms with Crippen molar-refractivity contribution in [2.24, 2.45) is 0 Å². The molecule has 2 aromatic heterocycles. The van der Waals surface area contributed by atoms with Crippen molar-refractivity contribution >= 4 is 92.1 Å². The molecule has 11 aromatic rings. The molecule has 0 radical (unpaired) electrons. The van der Waals surface area contributed by atoms with E-state index in [1.54, 1.807) is 16.2 Å². The smallest absolute Gasteiger partial charge is 0.143 e. The third-order valence-corrected chi connectivity index (χ3v) is 11.1. The summed E-state index contributed by atoms with van der Waals surface area (Å²) in [7, 11) is 0. The van der Waals surface area contributed by atoms with E-state index in [4.69, 9.17) is 12.6 Å². The van der Waals surface area contributed by atoms with Crippen LogP contribution in [0.2, 0.25) is 0 Å². The molecule has 11 rings (SSSR count). The van der Waals surface area contributed by atoms with Crippen LogP contribution in [0.1, 0.15) is 12.3 Å². The Balaban J connectivity index is 1.11. The zero-order valence-electron chi connectivity index (χ0n) is 37.0. The standard InChI is InChI=1S/C50H31NOS/c1-2-12-38(13-3-1)51(40-24-27-43-44-26-23-34-10-6-7-14-42(34)50(44)52-46(43)31-40)39-25-28-47-45(30-39)49-41(15-8-16-48(49)53-47)35-20-17-33(18-21-35)37-22-19-32-9-4-5-11-36(32)29-37/h1-31H/i6D,7D,10D,14D,23D,24D,26D,27D,31D. The number of furan rings is 1. The van der Waals surface area contributed by atoms with Gasteiger partial charge in [0.15, 0.2) is 0 Å². The fraction of sp³-hybridized carbons (Fsp3) is 0. The third-order valence-electron chi connectivity index (χ3n) is 9.93. The molecule has 0 aliphatic carbocycles. The molecule has 9 aromatic carbocycles. The Morgan fingerprint density at radius 2 is 1.26 bits per heavy atom. The van der Waals surface area contributed by atoms with E-state index in [0.717, 1.165) is 42.4 Å². The minimum Gasteiger partial charge on any atom is -0.455 e. The molecular weight excluding hydrogens is 663 g/mol. The molecule has 0 aliphatic rings. The first-order chi connectivity index (χ1) is 30.0. The predicted octanol–water partition coefficient (Wildman–Crippen LogP) is 15.1. The summed E-state index contributed by atoms with van der Waals surface area (Å²) in [6, 6.07) is 41.3. The largest absolute Gasteiger partial charge is 0.455 e. The molecule has 0 fully saturated rings. The van der Waals surface area contributed by atoms with Crippen LogP contribution in [0.5, 0.6) is 0 Å². The Morgan fingerprint density at radius 1 is 0.472 bits per heavy atom. The van der Waals surface area contributed by atoms with Crippen LogP contribution in [0, 0.1) is 0 Å². The van der Waals surface area contributed by atoms with Gasteiger partial charge in [-0.2, -0.15) is 0 Å². The van der Waals surface area contributed by atoms with Gasteiger partial charge in [-0.1, -0.05) is 121 Å². The number of para-hydroxylation sites is 1. The van der Waals surface area contributed by atoms with Crippen molar-refractivity contribution in [3.8, 4) is 22.3 Å². The number of fused-ring (bicyclic) bond motifs is 9. The van der Waals surface area contributed by atoms with E-state index in [1.165, 1.54) is 10.8 Å². The van der Waals surface area contributed by atoms with E-state index < -0.39 is 36.3 Å². The van der Waals surface area contributed by atoms with Gasteiger partial charge in [-0.05, 0) is 99.0 Å². The Hall–Kier alpha value is -6.68. The van der Waals surface area contributed by atoms with Gasteiger partial charge in [0.2, 0.25) is 0 Å². The summed E-state index contributed by atoms with van der Waals surface area (Å²) in [5, 5.41) is 4.07. The number of thiophene rings is 1. The van der Waals surface area contributed by atoms with E-state index in [1.807, 2.05) is 48.5 Å². The summed E-state index contributed by atoms with van der Waals surface area (Å²) in [4.78, 5) is 1.76. The Bertz CT molecular complexity index is 3700. The maximum absolute atomic E-state index is 9.68. The first-order valence-electron chi connectivity index (χ1n) is 21.8. The van der Waals surface area contributed by atoms with Crippen LogP contribution >= 0.6 is 11.3 Å². The SMILES string of the molecule is [2H]c1c([2H])c([2H])c2c(c1[2H])c([2H])c([2H])c1c2oc2c([2H])c(N(c3ccccc3)c3ccc4sc5cccc(-c6ccc(-c7ccc8ccccc8c7)cc6)c5c4c3)c([2H])c([2H])c21. The molecule has 2 heterocycles. The number of hydrogen-bond acceptors (Lipinski definition) is 3. The molecule has 2 nitrogen and oxygen atoms in total. The highest BCUT2D eigenvalue weighted by molar-refractivity contribution is 7.26. The molecule has 0 atom stereocenters. The molecule has 248 valence electrons. The second-order valence-electron chi connectivity index (χ2n) is 13.0. The van der Waals surface area contributed by atoms with Crippen LogP contribution in [-0.4, -0.2) is 0 Å². The van der Waals surface area contributed by atoms with Crippen molar-refractivity contribution in [2.75, 3.05) is 4.90 Å². The lowest BCUT2D eigenvalue weighted by Crippen LogP contribution is -2.09. The summed E-state index contributed by atoms with van der Waals surface area (Å²) >= 11 is 1.68. The molecule has 0 saturated carbocycles. The predicted molar refractivity (Wildman–Crippen MR) is 227 cm³/mol.